The molecule has 1 aromatic rings. The smallest absolute Gasteiger partial charge is 0.157 e. The zero-order valence-corrected chi connectivity index (χ0v) is 19.9. The molecule has 1 heterocycles. The lowest BCUT2D eigenvalue weighted by atomic mass is 9.42. The molecule has 8 unspecified atom stereocenters. The molecular formula is C28H39N3O. The quantitative estimate of drug-likeness (QED) is 0.584. The Labute approximate surface area is 193 Å². The molecule has 0 saturated heterocycles. The van der Waals surface area contributed by atoms with Crippen LogP contribution in [0.4, 0.5) is 0 Å². The molecule has 4 heteroatoms. The topological polar surface area (TPSA) is 58.7 Å². The normalized spacial score (nSPS) is 45.4. The fraction of sp³-hybridized carbons (Fsp3) is 0.821. The molecule has 32 heavy (non-hydrogen) atoms. The van der Waals surface area contributed by atoms with Crippen LogP contribution in [0.15, 0.2) is 12.4 Å². The molecule has 5 aliphatic rings. The van der Waals surface area contributed by atoms with E-state index in [0.717, 1.165) is 41.9 Å². The molecule has 6 rings (SSSR count). The first-order valence-electron chi connectivity index (χ1n) is 13.4. The molecular weight excluding hydrogens is 394 g/mol. The molecule has 5 saturated carbocycles. The lowest BCUT2D eigenvalue weighted by molar-refractivity contribution is -0.145. The Bertz CT molecular complexity index is 941. The molecule has 0 radical (unpaired) electrons. The SMILES string of the molecule is CC1CCC2(C3CC3)C(CCC3C4CCC(C(=O)Cn5cc(C#N)cn5)C4(C)CCC32)C1. The van der Waals surface area contributed by atoms with Gasteiger partial charge in [-0.15, -0.1) is 0 Å². The molecule has 0 amide bonds. The summed E-state index contributed by atoms with van der Waals surface area (Å²) < 4.78 is 1.68. The number of carbonyl (C=O) groups is 1. The third-order valence-electron chi connectivity index (χ3n) is 11.3. The standard InChI is InChI=1S/C28H39N3O/c1-18-9-12-28(20-3-4-20)21(13-18)5-6-22-23-7-8-25(27(23,2)11-10-24(22)28)26(32)17-31-16-19(14-29)15-30-31/h15-16,18,20-25H,3-13,17H2,1-2H3. The van der Waals surface area contributed by atoms with Crippen LogP contribution in [-0.2, 0) is 11.3 Å². The highest BCUT2D eigenvalue weighted by molar-refractivity contribution is 5.82. The first-order valence-corrected chi connectivity index (χ1v) is 13.4. The Balaban J connectivity index is 1.24. The van der Waals surface area contributed by atoms with Crippen molar-refractivity contribution in [3.05, 3.63) is 18.0 Å². The van der Waals surface area contributed by atoms with Crippen molar-refractivity contribution in [3.63, 3.8) is 0 Å². The second-order valence-electron chi connectivity index (χ2n) is 12.6. The highest BCUT2D eigenvalue weighted by atomic mass is 16.1. The highest BCUT2D eigenvalue weighted by Crippen LogP contribution is 2.72. The average molecular weight is 434 g/mol. The molecule has 172 valence electrons. The van der Waals surface area contributed by atoms with Crippen molar-refractivity contribution in [2.45, 2.75) is 91.0 Å². The number of ketones is 1. The first-order chi connectivity index (χ1) is 15.5. The van der Waals surface area contributed by atoms with Gasteiger partial charge in [-0.2, -0.15) is 10.4 Å². The van der Waals surface area contributed by atoms with Crippen LogP contribution in [0.25, 0.3) is 0 Å². The summed E-state index contributed by atoms with van der Waals surface area (Å²) in [4.78, 5) is 13.4. The molecule has 0 aromatic carbocycles. The van der Waals surface area contributed by atoms with Gasteiger partial charge in [0.15, 0.2) is 5.78 Å². The van der Waals surface area contributed by atoms with Gasteiger partial charge in [0.1, 0.15) is 6.07 Å². The van der Waals surface area contributed by atoms with E-state index in [-0.39, 0.29) is 11.3 Å². The predicted molar refractivity (Wildman–Crippen MR) is 123 cm³/mol. The number of aromatic nitrogens is 2. The van der Waals surface area contributed by atoms with E-state index in [2.05, 4.69) is 25.0 Å². The molecule has 0 bridgehead atoms. The van der Waals surface area contributed by atoms with Gasteiger partial charge in [0, 0.05) is 12.1 Å². The van der Waals surface area contributed by atoms with Crippen molar-refractivity contribution < 1.29 is 4.79 Å². The van der Waals surface area contributed by atoms with E-state index in [0.29, 0.717) is 23.3 Å². The van der Waals surface area contributed by atoms with Crippen LogP contribution in [-0.4, -0.2) is 15.6 Å². The monoisotopic (exact) mass is 433 g/mol. The minimum atomic E-state index is 0.170. The van der Waals surface area contributed by atoms with Gasteiger partial charge in [-0.3, -0.25) is 9.48 Å². The number of nitrogens with zero attached hydrogens (tertiary/aromatic N) is 3. The number of fused-ring (bicyclic) bond motifs is 5. The van der Waals surface area contributed by atoms with Crippen molar-refractivity contribution in [1.29, 1.82) is 5.26 Å². The Morgan fingerprint density at radius 3 is 2.66 bits per heavy atom. The second-order valence-corrected chi connectivity index (χ2v) is 12.6. The summed E-state index contributed by atoms with van der Waals surface area (Å²) >= 11 is 0. The minimum Gasteiger partial charge on any atom is -0.297 e. The predicted octanol–water partition coefficient (Wildman–Crippen LogP) is 6.01. The van der Waals surface area contributed by atoms with E-state index >= 15 is 0 Å². The lowest BCUT2D eigenvalue weighted by Gasteiger charge is -2.62. The summed E-state index contributed by atoms with van der Waals surface area (Å²) in [5, 5.41) is 13.3. The van der Waals surface area contributed by atoms with Gasteiger partial charge in [-0.1, -0.05) is 20.3 Å². The maximum atomic E-state index is 13.4. The minimum absolute atomic E-state index is 0.170. The molecule has 0 spiro atoms. The first kappa shape index (κ1) is 20.9. The number of rotatable bonds is 4. The van der Waals surface area contributed by atoms with Crippen LogP contribution < -0.4 is 0 Å². The summed E-state index contributed by atoms with van der Waals surface area (Å²) in [5.41, 5.74) is 1.36. The Hall–Kier alpha value is -1.63. The summed E-state index contributed by atoms with van der Waals surface area (Å²) in [7, 11) is 0. The van der Waals surface area contributed by atoms with E-state index in [1.165, 1.54) is 64.2 Å². The van der Waals surface area contributed by atoms with Crippen LogP contribution >= 0.6 is 0 Å². The summed E-state index contributed by atoms with van der Waals surface area (Å²) in [5.74, 6) is 5.96. The zero-order valence-electron chi connectivity index (χ0n) is 19.9. The molecule has 4 nitrogen and oxygen atoms in total. The maximum absolute atomic E-state index is 13.4. The van der Waals surface area contributed by atoms with Crippen LogP contribution in [0.5, 0.6) is 0 Å². The fourth-order valence-electron chi connectivity index (χ4n) is 9.92. The van der Waals surface area contributed by atoms with Crippen molar-refractivity contribution in [2.24, 2.45) is 52.3 Å². The van der Waals surface area contributed by atoms with Crippen molar-refractivity contribution in [1.82, 2.24) is 9.78 Å². The summed E-state index contributed by atoms with van der Waals surface area (Å²) in [6.07, 6.45) is 18.5. The molecule has 0 aliphatic heterocycles. The average Bonchev–Trinajstić information content (AvgIpc) is 3.44. The Morgan fingerprint density at radius 1 is 1.09 bits per heavy atom. The Kier molecular flexibility index (Phi) is 4.87. The van der Waals surface area contributed by atoms with Crippen LogP contribution in [0.1, 0.15) is 90.0 Å². The van der Waals surface area contributed by atoms with E-state index in [1.807, 2.05) is 0 Å². The van der Waals surface area contributed by atoms with Gasteiger partial charge < -0.3 is 0 Å². The number of nitriles is 1. The third-order valence-corrected chi connectivity index (χ3v) is 11.3. The van der Waals surface area contributed by atoms with Crippen molar-refractivity contribution >= 4 is 5.78 Å². The number of carbonyl (C=O) groups excluding carboxylic acids is 1. The van der Waals surface area contributed by atoms with Gasteiger partial charge in [-0.25, -0.2) is 0 Å². The molecule has 5 fully saturated rings. The second kappa shape index (κ2) is 7.44. The van der Waals surface area contributed by atoms with E-state index in [4.69, 9.17) is 5.26 Å². The maximum Gasteiger partial charge on any atom is 0.157 e. The number of hydrogen-bond donors (Lipinski definition) is 0. The largest absolute Gasteiger partial charge is 0.297 e. The van der Waals surface area contributed by atoms with Gasteiger partial charge in [0.25, 0.3) is 0 Å². The lowest BCUT2D eigenvalue weighted by Crippen LogP contribution is -2.55. The number of Topliss-reactive ketones (excluding diaryl/α,β-unsaturated/α-hetero) is 1. The fourth-order valence-corrected chi connectivity index (χ4v) is 9.92. The Morgan fingerprint density at radius 2 is 1.91 bits per heavy atom. The summed E-state index contributed by atoms with van der Waals surface area (Å²) in [6, 6.07) is 2.12. The van der Waals surface area contributed by atoms with E-state index < -0.39 is 0 Å². The third kappa shape index (κ3) is 2.99. The molecule has 0 N–H and O–H groups in total. The van der Waals surface area contributed by atoms with Gasteiger partial charge >= 0.3 is 0 Å². The van der Waals surface area contributed by atoms with E-state index in [9.17, 15) is 4.79 Å². The van der Waals surface area contributed by atoms with Gasteiger partial charge in [-0.05, 0) is 111 Å². The van der Waals surface area contributed by atoms with Crippen LogP contribution in [0.2, 0.25) is 0 Å². The van der Waals surface area contributed by atoms with Crippen molar-refractivity contribution in [2.75, 3.05) is 0 Å². The van der Waals surface area contributed by atoms with Gasteiger partial charge in [0.05, 0.1) is 18.3 Å². The molecule has 8 atom stereocenters. The summed E-state index contributed by atoms with van der Waals surface area (Å²) in [6.45, 7) is 5.29. The van der Waals surface area contributed by atoms with Crippen molar-refractivity contribution in [3.8, 4) is 6.07 Å². The molecule has 1 aromatic heterocycles. The van der Waals surface area contributed by atoms with Crippen LogP contribution in [0.3, 0.4) is 0 Å². The highest BCUT2D eigenvalue weighted by Gasteiger charge is 2.65. The zero-order chi connectivity index (χ0) is 22.1. The molecule has 5 aliphatic carbocycles. The van der Waals surface area contributed by atoms with Gasteiger partial charge in [0.2, 0.25) is 0 Å². The number of hydrogen-bond acceptors (Lipinski definition) is 3. The van der Waals surface area contributed by atoms with E-state index in [1.54, 1.807) is 17.1 Å². The van der Waals surface area contributed by atoms with Crippen LogP contribution in [0, 0.1) is 63.6 Å².